The highest BCUT2D eigenvalue weighted by Gasteiger charge is 2.29. The van der Waals surface area contributed by atoms with Crippen LogP contribution in [0, 0.1) is 5.82 Å². The zero-order chi connectivity index (χ0) is 19.1. The molecule has 1 aromatic carbocycles. The van der Waals surface area contributed by atoms with Crippen molar-refractivity contribution in [2.45, 2.75) is 32.7 Å². The lowest BCUT2D eigenvalue weighted by molar-refractivity contribution is 0.363. The molecule has 1 fully saturated rings. The number of aromatic nitrogens is 4. The average molecular weight is 435 g/mol. The van der Waals surface area contributed by atoms with Crippen molar-refractivity contribution >= 4 is 38.6 Å². The van der Waals surface area contributed by atoms with Gasteiger partial charge in [-0.15, -0.1) is 0 Å². The summed E-state index contributed by atoms with van der Waals surface area (Å²) in [4.78, 5) is 17.5. The van der Waals surface area contributed by atoms with Crippen molar-refractivity contribution in [2.24, 2.45) is 0 Å². The first-order chi connectivity index (χ1) is 12.9. The largest absolute Gasteiger partial charge is 0.352 e. The van der Waals surface area contributed by atoms with E-state index < -0.39 is 0 Å². The summed E-state index contributed by atoms with van der Waals surface area (Å²) < 4.78 is 19.9. The second kappa shape index (κ2) is 7.03. The van der Waals surface area contributed by atoms with Crippen LogP contribution in [0.3, 0.4) is 0 Å². The molecule has 0 N–H and O–H groups in total. The molecule has 4 rings (SSSR count). The van der Waals surface area contributed by atoms with Gasteiger partial charge in [0.15, 0.2) is 0 Å². The van der Waals surface area contributed by atoms with E-state index >= 15 is 0 Å². The zero-order valence-corrected chi connectivity index (χ0v) is 16.9. The summed E-state index contributed by atoms with van der Waals surface area (Å²) >= 11 is 3.39. The summed E-state index contributed by atoms with van der Waals surface area (Å²) in [6, 6.07) is 3.06. The van der Waals surface area contributed by atoms with E-state index in [2.05, 4.69) is 52.8 Å². The molecule has 0 saturated carbocycles. The van der Waals surface area contributed by atoms with Crippen LogP contribution in [-0.2, 0) is 0 Å². The maximum Gasteiger partial charge on any atom is 0.266 e. The number of fused-ring (bicyclic) bond motifs is 1. The first kappa shape index (κ1) is 18.1. The molecule has 7 nitrogen and oxygen atoms in total. The van der Waals surface area contributed by atoms with E-state index in [1.165, 1.54) is 18.5 Å². The van der Waals surface area contributed by atoms with Gasteiger partial charge in [0.1, 0.15) is 18.0 Å². The normalized spacial score (nSPS) is 17.9. The number of nitrogens with zero attached hydrogens (tertiary/aromatic N) is 6. The van der Waals surface area contributed by atoms with E-state index in [1.807, 2.05) is 13.8 Å². The molecular formula is C18H20BrFN6O. The number of halogens is 2. The van der Waals surface area contributed by atoms with Crippen molar-refractivity contribution in [1.29, 1.82) is 0 Å². The summed E-state index contributed by atoms with van der Waals surface area (Å²) in [5.74, 6) is 1.88. The fourth-order valence-electron chi connectivity index (χ4n) is 3.36. The van der Waals surface area contributed by atoms with Gasteiger partial charge < -0.3 is 14.3 Å². The van der Waals surface area contributed by atoms with Crippen molar-refractivity contribution in [3.05, 3.63) is 34.6 Å². The minimum atomic E-state index is -0.315. The van der Waals surface area contributed by atoms with Crippen molar-refractivity contribution in [3.8, 4) is 0 Å². The van der Waals surface area contributed by atoms with E-state index in [4.69, 9.17) is 4.52 Å². The SMILES string of the molecule is CC(C)c1nc(N2CCN(c3ncnc4c(Br)cc(F)cc34)C[C@H]2C)no1. The molecule has 0 amide bonds. The van der Waals surface area contributed by atoms with Crippen LogP contribution < -0.4 is 9.80 Å². The van der Waals surface area contributed by atoms with Crippen molar-refractivity contribution in [1.82, 2.24) is 20.1 Å². The Morgan fingerprint density at radius 2 is 2.07 bits per heavy atom. The smallest absolute Gasteiger partial charge is 0.266 e. The van der Waals surface area contributed by atoms with Gasteiger partial charge in [0.25, 0.3) is 5.95 Å². The highest BCUT2D eigenvalue weighted by atomic mass is 79.9. The molecule has 0 radical (unpaired) electrons. The molecule has 2 aromatic heterocycles. The third kappa shape index (κ3) is 3.36. The summed E-state index contributed by atoms with van der Waals surface area (Å²) in [5, 5.41) is 4.82. The molecule has 1 saturated heterocycles. The van der Waals surface area contributed by atoms with Crippen molar-refractivity contribution in [2.75, 3.05) is 29.4 Å². The monoisotopic (exact) mass is 434 g/mol. The van der Waals surface area contributed by atoms with Gasteiger partial charge in [-0.2, -0.15) is 4.98 Å². The van der Waals surface area contributed by atoms with E-state index in [9.17, 15) is 4.39 Å². The van der Waals surface area contributed by atoms with E-state index in [0.717, 1.165) is 18.9 Å². The van der Waals surface area contributed by atoms with E-state index in [-0.39, 0.29) is 17.8 Å². The van der Waals surface area contributed by atoms with Gasteiger partial charge in [-0.05, 0) is 40.1 Å². The van der Waals surface area contributed by atoms with Gasteiger partial charge in [-0.25, -0.2) is 14.4 Å². The van der Waals surface area contributed by atoms with Crippen molar-refractivity contribution in [3.63, 3.8) is 0 Å². The van der Waals surface area contributed by atoms with Gasteiger partial charge in [-0.1, -0.05) is 13.8 Å². The maximum absolute atomic E-state index is 13.9. The second-order valence-electron chi connectivity index (χ2n) is 7.06. The van der Waals surface area contributed by atoms with Crippen LogP contribution >= 0.6 is 15.9 Å². The van der Waals surface area contributed by atoms with Crippen LogP contribution in [0.1, 0.15) is 32.6 Å². The Morgan fingerprint density at radius 3 is 2.78 bits per heavy atom. The fourth-order valence-corrected chi connectivity index (χ4v) is 3.89. The van der Waals surface area contributed by atoms with Crippen LogP contribution in [0.15, 0.2) is 27.5 Å². The maximum atomic E-state index is 13.9. The zero-order valence-electron chi connectivity index (χ0n) is 15.4. The minimum absolute atomic E-state index is 0.151. The molecule has 1 atom stereocenters. The third-order valence-corrected chi connectivity index (χ3v) is 5.35. The fraction of sp³-hybridized carbons (Fsp3) is 0.444. The molecule has 0 spiro atoms. The van der Waals surface area contributed by atoms with Crippen LogP contribution in [0.4, 0.5) is 16.2 Å². The quantitative estimate of drug-likeness (QED) is 0.621. The highest BCUT2D eigenvalue weighted by molar-refractivity contribution is 9.10. The van der Waals surface area contributed by atoms with Crippen molar-refractivity contribution < 1.29 is 8.91 Å². The van der Waals surface area contributed by atoms with Gasteiger partial charge >= 0.3 is 0 Å². The summed E-state index contributed by atoms with van der Waals surface area (Å²) in [7, 11) is 0. The van der Waals surface area contributed by atoms with Gasteiger partial charge in [0, 0.05) is 41.5 Å². The van der Waals surface area contributed by atoms with Crippen LogP contribution in [0.2, 0.25) is 0 Å². The topological polar surface area (TPSA) is 71.2 Å². The number of anilines is 2. The molecular weight excluding hydrogens is 415 g/mol. The standard InChI is InChI=1S/C18H20BrFN6O/c1-10(2)17-23-18(24-27-17)26-5-4-25(8-11(26)3)16-13-6-12(20)7-14(19)15(13)21-9-22-16/h6-7,9-11H,4-5,8H2,1-3H3/t11-/m1/s1. The highest BCUT2D eigenvalue weighted by Crippen LogP contribution is 2.31. The molecule has 3 aromatic rings. The summed E-state index contributed by atoms with van der Waals surface area (Å²) in [5.41, 5.74) is 0.705. The molecule has 9 heteroatoms. The Hall–Kier alpha value is -2.29. The Kier molecular flexibility index (Phi) is 4.71. The average Bonchev–Trinajstić information content (AvgIpc) is 3.11. The first-order valence-corrected chi connectivity index (χ1v) is 9.68. The van der Waals surface area contributed by atoms with Gasteiger partial charge in [0.2, 0.25) is 5.89 Å². The number of hydrogen-bond acceptors (Lipinski definition) is 7. The minimum Gasteiger partial charge on any atom is -0.352 e. The Bertz CT molecular complexity index is 978. The molecule has 0 unspecified atom stereocenters. The molecule has 1 aliphatic rings. The number of benzene rings is 1. The Morgan fingerprint density at radius 1 is 1.26 bits per heavy atom. The van der Waals surface area contributed by atoms with Crippen LogP contribution in [0.25, 0.3) is 10.9 Å². The molecule has 142 valence electrons. The third-order valence-electron chi connectivity index (χ3n) is 4.74. The number of hydrogen-bond donors (Lipinski definition) is 0. The molecule has 1 aliphatic heterocycles. The van der Waals surface area contributed by atoms with Gasteiger partial charge in [0.05, 0.1) is 5.52 Å². The Balaban J connectivity index is 1.60. The molecule has 0 bridgehead atoms. The lowest BCUT2D eigenvalue weighted by Gasteiger charge is -2.39. The molecule has 3 heterocycles. The summed E-state index contributed by atoms with van der Waals surface area (Å²) in [6.45, 7) is 8.31. The van der Waals surface area contributed by atoms with Crippen LogP contribution in [0.5, 0.6) is 0 Å². The first-order valence-electron chi connectivity index (χ1n) is 8.89. The predicted octanol–water partition coefficient (Wildman–Crippen LogP) is 3.75. The van der Waals surface area contributed by atoms with Gasteiger partial charge in [-0.3, -0.25) is 0 Å². The van der Waals surface area contributed by atoms with E-state index in [0.29, 0.717) is 33.8 Å². The Labute approximate surface area is 164 Å². The second-order valence-corrected chi connectivity index (χ2v) is 7.91. The molecule has 0 aliphatic carbocycles. The van der Waals surface area contributed by atoms with E-state index in [1.54, 1.807) is 0 Å². The summed E-state index contributed by atoms with van der Waals surface area (Å²) in [6.07, 6.45) is 1.52. The van der Waals surface area contributed by atoms with Crippen LogP contribution in [-0.4, -0.2) is 45.8 Å². The number of piperazine rings is 1. The molecule has 27 heavy (non-hydrogen) atoms. The number of rotatable bonds is 3. The lowest BCUT2D eigenvalue weighted by atomic mass is 10.1. The predicted molar refractivity (Wildman–Crippen MR) is 105 cm³/mol. The lowest BCUT2D eigenvalue weighted by Crippen LogP contribution is -2.52.